The third-order valence-corrected chi connectivity index (χ3v) is 2.81. The van der Waals surface area contributed by atoms with Crippen LogP contribution in [0.25, 0.3) is 0 Å². The molecule has 0 aliphatic carbocycles. The Hall–Kier alpha value is -0.890. The van der Waals surface area contributed by atoms with E-state index < -0.39 is 0 Å². The van der Waals surface area contributed by atoms with Crippen molar-refractivity contribution in [2.75, 3.05) is 13.1 Å². The van der Waals surface area contributed by atoms with Crippen LogP contribution >= 0.6 is 0 Å². The maximum absolute atomic E-state index is 12.9. The van der Waals surface area contributed by atoms with Crippen molar-refractivity contribution in [2.24, 2.45) is 5.92 Å². The van der Waals surface area contributed by atoms with Gasteiger partial charge in [0.15, 0.2) is 0 Å². The minimum Gasteiger partial charge on any atom is -0.316 e. The van der Waals surface area contributed by atoms with Gasteiger partial charge in [0.25, 0.3) is 0 Å². The molecule has 1 nitrogen and oxygen atoms in total. The Morgan fingerprint density at radius 1 is 1.35 bits per heavy atom. The van der Waals surface area contributed by atoms with Gasteiger partial charge in [0.2, 0.25) is 0 Å². The first-order valence-electron chi connectivity index (χ1n) is 6.71. The van der Waals surface area contributed by atoms with Gasteiger partial charge in [-0.05, 0) is 56.0 Å². The van der Waals surface area contributed by atoms with Gasteiger partial charge in [-0.2, -0.15) is 0 Å². The second-order valence-corrected chi connectivity index (χ2v) is 4.75. The first-order chi connectivity index (χ1) is 8.26. The molecule has 1 aliphatic rings. The molecule has 2 heteroatoms. The summed E-state index contributed by atoms with van der Waals surface area (Å²) in [5, 5.41) is 3.38. The van der Waals surface area contributed by atoms with Crippen LogP contribution in [0.1, 0.15) is 38.7 Å². The number of halogens is 1. The molecule has 0 bridgehead atoms. The summed E-state index contributed by atoms with van der Waals surface area (Å²) in [4.78, 5) is 0. The van der Waals surface area contributed by atoms with E-state index in [4.69, 9.17) is 0 Å². The second kappa shape index (κ2) is 8.24. The van der Waals surface area contributed by atoms with Crippen LogP contribution in [-0.2, 0) is 6.42 Å². The molecule has 17 heavy (non-hydrogen) atoms. The van der Waals surface area contributed by atoms with Crippen LogP contribution in [0.5, 0.6) is 0 Å². The molecule has 1 heterocycles. The molecule has 0 unspecified atom stereocenters. The van der Waals surface area contributed by atoms with Crippen molar-refractivity contribution in [3.63, 3.8) is 0 Å². The Labute approximate surface area is 104 Å². The maximum atomic E-state index is 12.9. The number of hydrogen-bond acceptors (Lipinski definition) is 1. The van der Waals surface area contributed by atoms with Crippen LogP contribution in [0.3, 0.4) is 0 Å². The minimum atomic E-state index is -0.119. The third-order valence-electron chi connectivity index (χ3n) is 2.81. The maximum Gasteiger partial charge on any atom is 0.123 e. The quantitative estimate of drug-likeness (QED) is 0.825. The molecule has 2 rings (SSSR count). The van der Waals surface area contributed by atoms with Gasteiger partial charge < -0.3 is 5.32 Å². The van der Waals surface area contributed by atoms with Crippen LogP contribution < -0.4 is 5.32 Å². The van der Waals surface area contributed by atoms with Gasteiger partial charge in [-0.3, -0.25) is 0 Å². The molecule has 1 fully saturated rings. The van der Waals surface area contributed by atoms with E-state index in [1.165, 1.54) is 25.3 Å². The van der Waals surface area contributed by atoms with Crippen LogP contribution in [-0.4, -0.2) is 13.1 Å². The Bertz CT molecular complexity index is 306. The minimum absolute atomic E-state index is 0.119. The van der Waals surface area contributed by atoms with Gasteiger partial charge in [-0.15, -0.1) is 0 Å². The van der Waals surface area contributed by atoms with Crippen LogP contribution in [0.2, 0.25) is 0 Å². The summed E-state index contributed by atoms with van der Waals surface area (Å²) >= 11 is 0. The van der Waals surface area contributed by atoms with Crippen LogP contribution in [0.15, 0.2) is 24.3 Å². The standard InChI is InChI=1S/C12H16FN.C3H8/c13-12-5-1-3-10(8-12)7-11-4-2-6-14-9-11;1-3-2/h1,3,5,8,11,14H,2,4,6-7,9H2;3H2,1-2H3/t11-;/m0./s1. The summed E-state index contributed by atoms with van der Waals surface area (Å²) in [6, 6.07) is 6.95. The number of hydrogen-bond donors (Lipinski definition) is 1. The summed E-state index contributed by atoms with van der Waals surface area (Å²) in [5.41, 5.74) is 1.12. The molecule has 1 N–H and O–H groups in total. The molecule has 0 aromatic heterocycles. The van der Waals surface area contributed by atoms with Crippen molar-refractivity contribution in [2.45, 2.75) is 39.5 Å². The molecular weight excluding hydrogens is 213 g/mol. The Balaban J connectivity index is 0.000000437. The van der Waals surface area contributed by atoms with Crippen LogP contribution in [0.4, 0.5) is 4.39 Å². The topological polar surface area (TPSA) is 12.0 Å². The van der Waals surface area contributed by atoms with Gasteiger partial charge in [0.05, 0.1) is 0 Å². The number of benzene rings is 1. The SMILES string of the molecule is CCC.Fc1cccc(C[C@@H]2CCCNC2)c1. The lowest BCUT2D eigenvalue weighted by molar-refractivity contribution is 0.375. The molecular formula is C15H24FN. The predicted octanol–water partition coefficient (Wildman–Crippen LogP) is 3.78. The Morgan fingerprint density at radius 2 is 2.12 bits per heavy atom. The fraction of sp³-hybridized carbons (Fsp3) is 0.600. The molecule has 1 atom stereocenters. The molecule has 0 saturated carbocycles. The van der Waals surface area contributed by atoms with E-state index >= 15 is 0 Å². The van der Waals surface area contributed by atoms with E-state index in [2.05, 4.69) is 19.2 Å². The Kier molecular flexibility index (Phi) is 6.87. The summed E-state index contributed by atoms with van der Waals surface area (Å²) in [7, 11) is 0. The van der Waals surface area contributed by atoms with E-state index in [1.54, 1.807) is 12.1 Å². The predicted molar refractivity (Wildman–Crippen MR) is 71.7 cm³/mol. The van der Waals surface area contributed by atoms with Gasteiger partial charge in [0.1, 0.15) is 5.82 Å². The van der Waals surface area contributed by atoms with E-state index in [0.717, 1.165) is 25.1 Å². The highest BCUT2D eigenvalue weighted by atomic mass is 19.1. The van der Waals surface area contributed by atoms with Crippen molar-refractivity contribution in [1.29, 1.82) is 0 Å². The average molecular weight is 237 g/mol. The molecule has 1 aromatic carbocycles. The van der Waals surface area contributed by atoms with Gasteiger partial charge in [0, 0.05) is 0 Å². The van der Waals surface area contributed by atoms with Crippen molar-refractivity contribution in [1.82, 2.24) is 5.32 Å². The fourth-order valence-electron chi connectivity index (χ4n) is 2.10. The molecule has 1 saturated heterocycles. The molecule has 96 valence electrons. The van der Waals surface area contributed by atoms with Crippen molar-refractivity contribution in [3.05, 3.63) is 35.6 Å². The highest BCUT2D eigenvalue weighted by Gasteiger charge is 2.13. The zero-order valence-corrected chi connectivity index (χ0v) is 11.0. The molecule has 1 aliphatic heterocycles. The molecule has 0 spiro atoms. The lowest BCUT2D eigenvalue weighted by Crippen LogP contribution is -2.30. The summed E-state index contributed by atoms with van der Waals surface area (Å²) in [6.45, 7) is 6.47. The smallest absolute Gasteiger partial charge is 0.123 e. The fourth-order valence-corrected chi connectivity index (χ4v) is 2.10. The van der Waals surface area contributed by atoms with Crippen molar-refractivity contribution < 1.29 is 4.39 Å². The molecule has 1 aromatic rings. The van der Waals surface area contributed by atoms with E-state index in [0.29, 0.717) is 5.92 Å². The largest absolute Gasteiger partial charge is 0.316 e. The van der Waals surface area contributed by atoms with E-state index in [1.807, 2.05) is 6.07 Å². The van der Waals surface area contributed by atoms with Gasteiger partial charge >= 0.3 is 0 Å². The number of piperidine rings is 1. The molecule has 0 radical (unpaired) electrons. The van der Waals surface area contributed by atoms with Gasteiger partial charge in [-0.25, -0.2) is 4.39 Å². The normalized spacial score (nSPS) is 19.4. The van der Waals surface area contributed by atoms with Crippen molar-refractivity contribution >= 4 is 0 Å². The zero-order valence-electron chi connectivity index (χ0n) is 11.0. The van der Waals surface area contributed by atoms with Crippen LogP contribution in [0, 0.1) is 11.7 Å². The van der Waals surface area contributed by atoms with E-state index in [9.17, 15) is 4.39 Å². The monoisotopic (exact) mass is 237 g/mol. The second-order valence-electron chi connectivity index (χ2n) is 4.75. The summed E-state index contributed by atoms with van der Waals surface area (Å²) in [5.74, 6) is 0.566. The Morgan fingerprint density at radius 3 is 2.71 bits per heavy atom. The lowest BCUT2D eigenvalue weighted by Gasteiger charge is -2.22. The van der Waals surface area contributed by atoms with E-state index in [-0.39, 0.29) is 5.82 Å². The first kappa shape index (κ1) is 14.2. The van der Waals surface area contributed by atoms with Gasteiger partial charge in [-0.1, -0.05) is 32.4 Å². The lowest BCUT2D eigenvalue weighted by atomic mass is 9.92. The number of rotatable bonds is 2. The first-order valence-corrected chi connectivity index (χ1v) is 6.71. The number of nitrogens with one attached hydrogen (secondary N) is 1. The highest BCUT2D eigenvalue weighted by Crippen LogP contribution is 2.16. The summed E-state index contributed by atoms with van der Waals surface area (Å²) < 4.78 is 12.9. The average Bonchev–Trinajstić information content (AvgIpc) is 2.31. The third kappa shape index (κ3) is 5.83. The molecule has 0 amide bonds. The zero-order chi connectivity index (χ0) is 12.5. The highest BCUT2D eigenvalue weighted by molar-refractivity contribution is 5.17. The van der Waals surface area contributed by atoms with Crippen molar-refractivity contribution in [3.8, 4) is 0 Å². The summed E-state index contributed by atoms with van der Waals surface area (Å²) in [6.07, 6.45) is 4.77.